The summed E-state index contributed by atoms with van der Waals surface area (Å²) in [7, 11) is 0. The standard InChI is InChI=1S/C15H20ClN3O3/c1-3-22-15(21)19-8-6-18(7-9-19)14(20)17-13-5-4-11(2)10-12(13)16/h4-5,10H,3,6-9H2,1-2H3,(H,17,20). The van der Waals surface area contributed by atoms with Crippen molar-refractivity contribution >= 4 is 29.4 Å². The average molecular weight is 326 g/mol. The summed E-state index contributed by atoms with van der Waals surface area (Å²) in [5.74, 6) is 0. The van der Waals surface area contributed by atoms with Gasteiger partial charge in [-0.15, -0.1) is 0 Å². The molecule has 0 saturated carbocycles. The van der Waals surface area contributed by atoms with Crippen LogP contribution >= 0.6 is 11.6 Å². The number of halogens is 1. The van der Waals surface area contributed by atoms with Gasteiger partial charge < -0.3 is 19.9 Å². The van der Waals surface area contributed by atoms with Gasteiger partial charge in [-0.1, -0.05) is 17.7 Å². The van der Waals surface area contributed by atoms with Crippen molar-refractivity contribution in [2.24, 2.45) is 0 Å². The number of hydrogen-bond acceptors (Lipinski definition) is 3. The van der Waals surface area contributed by atoms with Crippen LogP contribution in [0.25, 0.3) is 0 Å². The van der Waals surface area contributed by atoms with Gasteiger partial charge in [-0.3, -0.25) is 0 Å². The van der Waals surface area contributed by atoms with Gasteiger partial charge in [0.25, 0.3) is 0 Å². The minimum Gasteiger partial charge on any atom is -0.450 e. The van der Waals surface area contributed by atoms with Crippen LogP contribution in [0.5, 0.6) is 0 Å². The third-order valence-corrected chi connectivity index (χ3v) is 3.77. The van der Waals surface area contributed by atoms with E-state index in [0.717, 1.165) is 5.56 Å². The molecule has 0 aromatic heterocycles. The first kappa shape index (κ1) is 16.4. The van der Waals surface area contributed by atoms with Crippen LogP contribution in [-0.4, -0.2) is 54.7 Å². The molecule has 1 aromatic rings. The average Bonchev–Trinajstić information content (AvgIpc) is 2.50. The molecule has 0 radical (unpaired) electrons. The Morgan fingerprint density at radius 1 is 1.23 bits per heavy atom. The van der Waals surface area contributed by atoms with Crippen molar-refractivity contribution in [3.8, 4) is 0 Å². The Kier molecular flexibility index (Phi) is 5.49. The SMILES string of the molecule is CCOC(=O)N1CCN(C(=O)Nc2ccc(C)cc2Cl)CC1. The number of hydrogen-bond donors (Lipinski definition) is 1. The lowest BCUT2D eigenvalue weighted by atomic mass is 10.2. The van der Waals surface area contributed by atoms with Crippen molar-refractivity contribution in [1.82, 2.24) is 9.80 Å². The summed E-state index contributed by atoms with van der Waals surface area (Å²) in [5, 5.41) is 3.31. The Morgan fingerprint density at radius 2 is 1.86 bits per heavy atom. The molecule has 2 rings (SSSR count). The largest absolute Gasteiger partial charge is 0.450 e. The molecule has 6 nitrogen and oxygen atoms in total. The Bertz CT molecular complexity index is 557. The number of benzene rings is 1. The topological polar surface area (TPSA) is 61.9 Å². The van der Waals surface area contributed by atoms with Crippen molar-refractivity contribution < 1.29 is 14.3 Å². The monoisotopic (exact) mass is 325 g/mol. The molecule has 22 heavy (non-hydrogen) atoms. The Balaban J connectivity index is 1.88. The molecule has 1 aliphatic rings. The van der Waals surface area contributed by atoms with E-state index in [2.05, 4.69) is 5.32 Å². The number of urea groups is 1. The molecule has 0 spiro atoms. The summed E-state index contributed by atoms with van der Waals surface area (Å²) in [4.78, 5) is 27.1. The molecule has 1 heterocycles. The predicted molar refractivity (Wildman–Crippen MR) is 85.4 cm³/mol. The van der Waals surface area contributed by atoms with Crippen molar-refractivity contribution in [3.63, 3.8) is 0 Å². The molecule has 1 saturated heterocycles. The number of carbonyl (C=O) groups is 2. The number of ether oxygens (including phenoxy) is 1. The summed E-state index contributed by atoms with van der Waals surface area (Å²) in [6, 6.07) is 5.26. The maximum Gasteiger partial charge on any atom is 0.409 e. The smallest absolute Gasteiger partial charge is 0.409 e. The van der Waals surface area contributed by atoms with Crippen LogP contribution in [0, 0.1) is 6.92 Å². The number of carbonyl (C=O) groups excluding carboxylic acids is 2. The van der Waals surface area contributed by atoms with E-state index in [9.17, 15) is 9.59 Å². The number of nitrogens with zero attached hydrogens (tertiary/aromatic N) is 2. The number of rotatable bonds is 2. The van der Waals surface area contributed by atoms with Crippen LogP contribution in [0.1, 0.15) is 12.5 Å². The van der Waals surface area contributed by atoms with Crippen LogP contribution in [0.2, 0.25) is 5.02 Å². The molecule has 0 bridgehead atoms. The van der Waals surface area contributed by atoms with Crippen molar-refractivity contribution in [3.05, 3.63) is 28.8 Å². The van der Waals surface area contributed by atoms with Crippen LogP contribution in [-0.2, 0) is 4.74 Å². The summed E-state index contributed by atoms with van der Waals surface area (Å²) in [5.41, 5.74) is 1.62. The molecule has 0 atom stereocenters. The third-order valence-electron chi connectivity index (χ3n) is 3.46. The molecular formula is C15H20ClN3O3. The maximum atomic E-state index is 12.2. The van der Waals surface area contributed by atoms with E-state index >= 15 is 0 Å². The molecule has 1 aromatic carbocycles. The van der Waals surface area contributed by atoms with E-state index in [0.29, 0.717) is 43.5 Å². The van der Waals surface area contributed by atoms with Crippen LogP contribution in [0.15, 0.2) is 18.2 Å². The second kappa shape index (κ2) is 7.35. The zero-order valence-electron chi connectivity index (χ0n) is 12.8. The van der Waals surface area contributed by atoms with Gasteiger partial charge in [0.15, 0.2) is 0 Å². The minimum atomic E-state index is -0.330. The van der Waals surface area contributed by atoms with Gasteiger partial charge in [0, 0.05) is 26.2 Å². The molecule has 0 aliphatic carbocycles. The van der Waals surface area contributed by atoms with Crippen molar-refractivity contribution in [2.75, 3.05) is 38.1 Å². The van der Waals surface area contributed by atoms with Gasteiger partial charge in [-0.05, 0) is 31.5 Å². The second-order valence-electron chi connectivity index (χ2n) is 5.09. The van der Waals surface area contributed by atoms with Gasteiger partial charge in [0.05, 0.1) is 17.3 Å². The van der Waals surface area contributed by atoms with Crippen LogP contribution in [0.3, 0.4) is 0 Å². The summed E-state index contributed by atoms with van der Waals surface area (Å²) < 4.78 is 4.95. The number of aryl methyl sites for hydroxylation is 1. The zero-order valence-corrected chi connectivity index (χ0v) is 13.5. The Labute approximate surface area is 135 Å². The molecule has 1 N–H and O–H groups in total. The summed E-state index contributed by atoms with van der Waals surface area (Å²) in [6.45, 7) is 5.93. The fourth-order valence-corrected chi connectivity index (χ4v) is 2.50. The Hall–Kier alpha value is -1.95. The summed E-state index contributed by atoms with van der Waals surface area (Å²) >= 11 is 6.11. The van der Waals surface area contributed by atoms with E-state index in [1.165, 1.54) is 0 Å². The van der Waals surface area contributed by atoms with Gasteiger partial charge in [0.1, 0.15) is 0 Å². The van der Waals surface area contributed by atoms with Gasteiger partial charge in [-0.2, -0.15) is 0 Å². The lowest BCUT2D eigenvalue weighted by Gasteiger charge is -2.34. The highest BCUT2D eigenvalue weighted by atomic mass is 35.5. The first-order valence-corrected chi connectivity index (χ1v) is 7.63. The highest BCUT2D eigenvalue weighted by Gasteiger charge is 2.25. The van der Waals surface area contributed by atoms with Crippen LogP contribution in [0.4, 0.5) is 15.3 Å². The number of anilines is 1. The molecule has 0 unspecified atom stereocenters. The highest BCUT2D eigenvalue weighted by molar-refractivity contribution is 6.33. The number of amides is 3. The third kappa shape index (κ3) is 4.04. The minimum absolute atomic E-state index is 0.214. The molecular weight excluding hydrogens is 306 g/mol. The fraction of sp³-hybridized carbons (Fsp3) is 0.467. The number of nitrogens with one attached hydrogen (secondary N) is 1. The zero-order chi connectivity index (χ0) is 16.1. The molecule has 3 amide bonds. The molecule has 1 aliphatic heterocycles. The maximum absolute atomic E-state index is 12.2. The van der Waals surface area contributed by atoms with Gasteiger partial charge in [0.2, 0.25) is 0 Å². The predicted octanol–water partition coefficient (Wildman–Crippen LogP) is 2.95. The first-order chi connectivity index (χ1) is 10.5. The quantitative estimate of drug-likeness (QED) is 0.909. The highest BCUT2D eigenvalue weighted by Crippen LogP contribution is 2.23. The normalized spacial score (nSPS) is 14.7. The lowest BCUT2D eigenvalue weighted by Crippen LogP contribution is -2.51. The van der Waals surface area contributed by atoms with E-state index in [4.69, 9.17) is 16.3 Å². The molecule has 120 valence electrons. The lowest BCUT2D eigenvalue weighted by molar-refractivity contribution is 0.0869. The van der Waals surface area contributed by atoms with E-state index in [1.807, 2.05) is 13.0 Å². The fourth-order valence-electron chi connectivity index (χ4n) is 2.22. The van der Waals surface area contributed by atoms with Crippen molar-refractivity contribution in [1.29, 1.82) is 0 Å². The van der Waals surface area contributed by atoms with Gasteiger partial charge in [-0.25, -0.2) is 9.59 Å². The number of piperazine rings is 1. The van der Waals surface area contributed by atoms with Crippen molar-refractivity contribution in [2.45, 2.75) is 13.8 Å². The van der Waals surface area contributed by atoms with E-state index < -0.39 is 0 Å². The van der Waals surface area contributed by atoms with Crippen LogP contribution < -0.4 is 5.32 Å². The van der Waals surface area contributed by atoms with E-state index in [1.54, 1.807) is 28.9 Å². The van der Waals surface area contributed by atoms with Gasteiger partial charge >= 0.3 is 12.1 Å². The molecule has 7 heteroatoms. The second-order valence-corrected chi connectivity index (χ2v) is 5.49. The van der Waals surface area contributed by atoms with E-state index in [-0.39, 0.29) is 12.1 Å². The Morgan fingerprint density at radius 3 is 2.45 bits per heavy atom. The first-order valence-electron chi connectivity index (χ1n) is 7.25. The molecule has 1 fully saturated rings. The summed E-state index contributed by atoms with van der Waals surface area (Å²) in [6.07, 6.45) is -0.330.